The minimum Gasteiger partial charge on any atom is -0.360 e. The van der Waals surface area contributed by atoms with E-state index in [0.29, 0.717) is 18.0 Å². The summed E-state index contributed by atoms with van der Waals surface area (Å²) in [4.78, 5) is 26.7. The highest BCUT2D eigenvalue weighted by Gasteiger charge is 2.35. The van der Waals surface area contributed by atoms with Crippen molar-refractivity contribution < 1.29 is 9.32 Å². The van der Waals surface area contributed by atoms with Gasteiger partial charge in [0.25, 0.3) is 5.91 Å². The summed E-state index contributed by atoms with van der Waals surface area (Å²) in [6.45, 7) is 4.59. The molecule has 25 heavy (non-hydrogen) atoms. The fraction of sp³-hybridized carbons (Fsp3) is 0.333. The first-order valence-electron chi connectivity index (χ1n) is 8.34. The predicted octanol–water partition coefficient (Wildman–Crippen LogP) is 2.70. The summed E-state index contributed by atoms with van der Waals surface area (Å²) in [5.74, 6) is 0.736. The highest BCUT2D eigenvalue weighted by atomic mass is 16.5. The lowest BCUT2D eigenvalue weighted by atomic mass is 9.96. The third kappa shape index (κ3) is 2.71. The van der Waals surface area contributed by atoms with Gasteiger partial charge in [-0.1, -0.05) is 25.1 Å². The van der Waals surface area contributed by atoms with Gasteiger partial charge in [0.15, 0.2) is 5.69 Å². The van der Waals surface area contributed by atoms with Crippen LogP contribution in [0.15, 0.2) is 41.4 Å². The summed E-state index contributed by atoms with van der Waals surface area (Å²) in [6, 6.07) is 5.28. The Labute approximate surface area is 145 Å². The number of rotatable bonds is 3. The number of pyridine rings is 1. The van der Waals surface area contributed by atoms with Crippen LogP contribution in [0.5, 0.6) is 0 Å². The van der Waals surface area contributed by atoms with Crippen LogP contribution in [0.1, 0.15) is 59.0 Å². The fourth-order valence-electron chi connectivity index (χ4n) is 3.18. The molecule has 0 saturated carbocycles. The van der Waals surface area contributed by atoms with Gasteiger partial charge in [-0.15, -0.1) is 0 Å². The van der Waals surface area contributed by atoms with Crippen LogP contribution in [0.25, 0.3) is 0 Å². The molecule has 0 saturated heterocycles. The van der Waals surface area contributed by atoms with Gasteiger partial charge in [-0.3, -0.25) is 9.78 Å². The third-order valence-electron chi connectivity index (χ3n) is 4.50. The van der Waals surface area contributed by atoms with Crippen molar-refractivity contribution in [2.24, 2.45) is 0 Å². The summed E-state index contributed by atoms with van der Waals surface area (Å²) < 4.78 is 5.30. The number of aromatic nitrogens is 4. The van der Waals surface area contributed by atoms with Crippen molar-refractivity contribution in [3.8, 4) is 0 Å². The second-order valence-electron chi connectivity index (χ2n) is 6.47. The van der Waals surface area contributed by atoms with Crippen LogP contribution >= 0.6 is 0 Å². The highest BCUT2D eigenvalue weighted by molar-refractivity contribution is 5.93. The topological polar surface area (TPSA) is 87.9 Å². The minimum atomic E-state index is -0.282. The van der Waals surface area contributed by atoms with Gasteiger partial charge < -0.3 is 14.4 Å². The summed E-state index contributed by atoms with van der Waals surface area (Å²) in [5.41, 5.74) is 3.18. The van der Waals surface area contributed by atoms with E-state index in [-0.39, 0.29) is 17.9 Å². The quantitative estimate of drug-likeness (QED) is 0.794. The molecule has 3 aromatic heterocycles. The summed E-state index contributed by atoms with van der Waals surface area (Å²) in [6.07, 6.45) is 5.90. The largest absolute Gasteiger partial charge is 0.360 e. The molecule has 1 aliphatic heterocycles. The van der Waals surface area contributed by atoms with Gasteiger partial charge in [0.05, 0.1) is 12.0 Å². The molecule has 0 aliphatic carbocycles. The Bertz CT molecular complexity index is 884. The Morgan fingerprint density at radius 3 is 3.04 bits per heavy atom. The van der Waals surface area contributed by atoms with E-state index in [9.17, 15) is 4.79 Å². The van der Waals surface area contributed by atoms with Gasteiger partial charge in [0, 0.05) is 43.0 Å². The Morgan fingerprint density at radius 1 is 1.44 bits per heavy atom. The average molecular weight is 337 g/mol. The van der Waals surface area contributed by atoms with Crippen molar-refractivity contribution in [3.05, 3.63) is 65.3 Å². The van der Waals surface area contributed by atoms with Crippen LogP contribution in [-0.4, -0.2) is 37.5 Å². The van der Waals surface area contributed by atoms with Gasteiger partial charge in [-0.05, 0) is 11.6 Å². The molecule has 1 atom stereocenters. The second kappa shape index (κ2) is 6.16. The van der Waals surface area contributed by atoms with Crippen LogP contribution in [0, 0.1) is 0 Å². The van der Waals surface area contributed by atoms with Gasteiger partial charge in [-0.25, -0.2) is 4.98 Å². The van der Waals surface area contributed by atoms with E-state index < -0.39 is 0 Å². The second-order valence-corrected chi connectivity index (χ2v) is 6.47. The number of carbonyl (C=O) groups excluding carboxylic acids is 1. The molecule has 0 radical (unpaired) electrons. The molecule has 0 spiro atoms. The maximum atomic E-state index is 13.1. The lowest BCUT2D eigenvalue weighted by molar-refractivity contribution is 0.0679. The average Bonchev–Trinajstić information content (AvgIpc) is 3.30. The van der Waals surface area contributed by atoms with E-state index in [4.69, 9.17) is 4.52 Å². The zero-order valence-corrected chi connectivity index (χ0v) is 14.1. The van der Waals surface area contributed by atoms with E-state index >= 15 is 0 Å². The first-order valence-corrected chi connectivity index (χ1v) is 8.34. The van der Waals surface area contributed by atoms with Crippen LogP contribution in [0.3, 0.4) is 0 Å². The number of fused-ring (bicyclic) bond motifs is 1. The smallest absolute Gasteiger partial charge is 0.276 e. The number of nitrogens with zero attached hydrogens (tertiary/aromatic N) is 4. The van der Waals surface area contributed by atoms with Crippen LogP contribution in [0.4, 0.5) is 0 Å². The minimum absolute atomic E-state index is 0.154. The van der Waals surface area contributed by atoms with Crippen molar-refractivity contribution >= 4 is 5.91 Å². The number of amides is 1. The predicted molar refractivity (Wildman–Crippen MR) is 90.0 cm³/mol. The lowest BCUT2D eigenvalue weighted by Crippen LogP contribution is -2.41. The lowest BCUT2D eigenvalue weighted by Gasteiger charge is -2.34. The molecule has 4 heterocycles. The van der Waals surface area contributed by atoms with Crippen molar-refractivity contribution in [1.29, 1.82) is 0 Å². The summed E-state index contributed by atoms with van der Waals surface area (Å²) in [5, 5.41) is 3.97. The molecule has 0 aromatic carbocycles. The van der Waals surface area contributed by atoms with Crippen LogP contribution in [-0.2, 0) is 6.42 Å². The number of H-pyrrole nitrogens is 1. The molecule has 7 nitrogen and oxygen atoms in total. The maximum Gasteiger partial charge on any atom is 0.276 e. The van der Waals surface area contributed by atoms with Crippen molar-refractivity contribution in [1.82, 2.24) is 25.0 Å². The molecule has 128 valence electrons. The summed E-state index contributed by atoms with van der Waals surface area (Å²) >= 11 is 0. The Hall–Kier alpha value is -2.96. The highest BCUT2D eigenvalue weighted by Crippen LogP contribution is 2.34. The van der Waals surface area contributed by atoms with Crippen molar-refractivity contribution in [3.63, 3.8) is 0 Å². The van der Waals surface area contributed by atoms with E-state index in [2.05, 4.69) is 20.1 Å². The monoisotopic (exact) mass is 337 g/mol. The van der Waals surface area contributed by atoms with E-state index in [1.807, 2.05) is 26.0 Å². The Kier molecular flexibility index (Phi) is 3.83. The first kappa shape index (κ1) is 15.6. The molecule has 1 N–H and O–H groups in total. The molecule has 0 fully saturated rings. The number of carbonyl (C=O) groups is 1. The summed E-state index contributed by atoms with van der Waals surface area (Å²) in [7, 11) is 0. The number of nitrogens with one attached hydrogen (secondary N) is 1. The molecule has 1 amide bonds. The van der Waals surface area contributed by atoms with Gasteiger partial charge in [0.1, 0.15) is 11.8 Å². The third-order valence-corrected chi connectivity index (χ3v) is 4.50. The molecule has 4 rings (SSSR count). The van der Waals surface area contributed by atoms with E-state index in [1.54, 1.807) is 29.7 Å². The first-order chi connectivity index (χ1) is 12.1. The number of hydrogen-bond donors (Lipinski definition) is 1. The molecule has 0 bridgehead atoms. The molecule has 7 heteroatoms. The van der Waals surface area contributed by atoms with Gasteiger partial charge in [-0.2, -0.15) is 0 Å². The standard InChI is InChI=1S/C18H19N5O2/c1-11(2)15-8-14(22-25-15)18(24)23-7-5-13-16(21-10-20-13)17(23)12-4-3-6-19-9-12/h3-4,6,8-11,17H,5,7H2,1-2H3,(H,20,21). The Morgan fingerprint density at radius 2 is 2.32 bits per heavy atom. The molecule has 1 unspecified atom stereocenters. The van der Waals surface area contributed by atoms with E-state index in [1.165, 1.54) is 0 Å². The zero-order valence-electron chi connectivity index (χ0n) is 14.1. The maximum absolute atomic E-state index is 13.1. The zero-order chi connectivity index (χ0) is 17.4. The molecule has 3 aromatic rings. The Balaban J connectivity index is 1.73. The van der Waals surface area contributed by atoms with Gasteiger partial charge >= 0.3 is 0 Å². The number of hydrogen-bond acceptors (Lipinski definition) is 5. The number of aromatic amines is 1. The SMILES string of the molecule is CC(C)c1cc(C(=O)N2CCc3[nH]cnc3C2c2cccnc2)no1. The molecule has 1 aliphatic rings. The number of imidazole rings is 1. The van der Waals surface area contributed by atoms with Crippen LogP contribution < -0.4 is 0 Å². The normalized spacial score (nSPS) is 16.9. The van der Waals surface area contributed by atoms with Gasteiger partial charge in [0.2, 0.25) is 0 Å². The van der Waals surface area contributed by atoms with Crippen LogP contribution in [0.2, 0.25) is 0 Å². The fourth-order valence-corrected chi connectivity index (χ4v) is 3.18. The van der Waals surface area contributed by atoms with Crippen molar-refractivity contribution in [2.45, 2.75) is 32.2 Å². The van der Waals surface area contributed by atoms with Crippen molar-refractivity contribution in [2.75, 3.05) is 6.54 Å². The molecular weight excluding hydrogens is 318 g/mol. The molecular formula is C18H19N5O2. The van der Waals surface area contributed by atoms with E-state index in [0.717, 1.165) is 23.4 Å².